The van der Waals surface area contributed by atoms with Crippen molar-refractivity contribution in [3.05, 3.63) is 6.33 Å². The van der Waals surface area contributed by atoms with E-state index in [1.54, 1.807) is 0 Å². The predicted molar refractivity (Wildman–Crippen MR) is 165 cm³/mol. The number of urea groups is 1. The summed E-state index contributed by atoms with van der Waals surface area (Å²) in [5.74, 6) is 1.50. The average Bonchev–Trinajstić information content (AvgIpc) is 3.61. The molecule has 0 radical (unpaired) electrons. The highest BCUT2D eigenvalue weighted by molar-refractivity contribution is 5.86. The summed E-state index contributed by atoms with van der Waals surface area (Å²) >= 11 is 0. The smallest absolute Gasteiger partial charge is 0.317 e. The van der Waals surface area contributed by atoms with Gasteiger partial charge in [-0.2, -0.15) is 9.97 Å². The number of hydrogen-bond acceptors (Lipinski definition) is 7. The number of nitrogens with two attached hydrogens (primary N) is 1. The van der Waals surface area contributed by atoms with Crippen LogP contribution in [0.5, 0.6) is 0 Å². The van der Waals surface area contributed by atoms with Crippen LogP contribution in [-0.2, 0) is 0 Å². The van der Waals surface area contributed by atoms with Crippen LogP contribution < -0.4 is 21.7 Å². The van der Waals surface area contributed by atoms with E-state index in [2.05, 4.69) is 20.5 Å². The molecule has 4 fully saturated rings. The van der Waals surface area contributed by atoms with Crippen molar-refractivity contribution in [2.24, 2.45) is 5.73 Å². The molecule has 2 aromatic heterocycles. The van der Waals surface area contributed by atoms with Gasteiger partial charge < -0.3 is 31.2 Å². The Hall–Kier alpha value is -2.04. The Morgan fingerprint density at radius 2 is 1.43 bits per heavy atom. The zero-order chi connectivity index (χ0) is 25.9. The Morgan fingerprint density at radius 1 is 0.775 bits per heavy atom. The predicted octanol–water partition coefficient (Wildman–Crippen LogP) is 5.39. The van der Waals surface area contributed by atoms with Gasteiger partial charge in [-0.15, -0.1) is 24.8 Å². The first-order valence-electron chi connectivity index (χ1n) is 15.2. The lowest BCUT2D eigenvalue weighted by Crippen LogP contribution is -2.49. The second-order valence-corrected chi connectivity index (χ2v) is 12.1. The van der Waals surface area contributed by atoms with E-state index in [0.717, 1.165) is 81.4 Å². The highest BCUT2D eigenvalue weighted by Crippen LogP contribution is 2.34. The lowest BCUT2D eigenvalue weighted by Gasteiger charge is -2.34. The molecule has 3 heterocycles. The molecule has 1 saturated heterocycles. The number of amides is 2. The summed E-state index contributed by atoms with van der Waals surface area (Å²) in [6.45, 7) is 1.52. The third-order valence-electron chi connectivity index (χ3n) is 9.30. The molecular formula is C28H47Cl2N9O. The van der Waals surface area contributed by atoms with E-state index in [4.69, 9.17) is 20.7 Å². The summed E-state index contributed by atoms with van der Waals surface area (Å²) in [4.78, 5) is 29.5. The largest absolute Gasteiger partial charge is 0.365 e. The fourth-order valence-corrected chi connectivity index (χ4v) is 6.91. The number of carbonyl (C=O) groups is 1. The Morgan fingerprint density at radius 3 is 2.12 bits per heavy atom. The SMILES string of the molecule is Cl.Cl.N[C@H]1CC[C@H](Nc2nc(NC3CCN(C(=O)NC4CCCCC4)CC3)c3ncn(C4CCCC4)c3n2)CC1. The van der Waals surface area contributed by atoms with Gasteiger partial charge in [-0.3, -0.25) is 0 Å². The summed E-state index contributed by atoms with van der Waals surface area (Å²) in [5, 5.41) is 10.6. The minimum atomic E-state index is 0. The number of likely N-dealkylation sites (tertiary alicyclic amines) is 1. The van der Waals surface area contributed by atoms with Gasteiger partial charge in [0.05, 0.1) is 6.33 Å². The molecular weight excluding hydrogens is 549 g/mol. The van der Waals surface area contributed by atoms with E-state index in [9.17, 15) is 4.79 Å². The molecule has 0 aromatic carbocycles. The molecule has 4 aliphatic rings. The van der Waals surface area contributed by atoms with E-state index < -0.39 is 0 Å². The molecule has 10 nitrogen and oxygen atoms in total. The van der Waals surface area contributed by atoms with Gasteiger partial charge in [0.2, 0.25) is 5.95 Å². The zero-order valence-corrected chi connectivity index (χ0v) is 25.2. The number of nitrogens with zero attached hydrogens (tertiary/aromatic N) is 5. The molecule has 3 aliphatic carbocycles. The maximum Gasteiger partial charge on any atom is 0.317 e. The van der Waals surface area contributed by atoms with E-state index >= 15 is 0 Å². The van der Waals surface area contributed by atoms with Crippen molar-refractivity contribution in [3.63, 3.8) is 0 Å². The topological polar surface area (TPSA) is 126 Å². The van der Waals surface area contributed by atoms with Gasteiger partial charge in [0.25, 0.3) is 0 Å². The van der Waals surface area contributed by atoms with Crippen molar-refractivity contribution in [1.29, 1.82) is 0 Å². The van der Waals surface area contributed by atoms with Gasteiger partial charge in [-0.05, 0) is 64.2 Å². The summed E-state index contributed by atoms with van der Waals surface area (Å²) in [5.41, 5.74) is 7.91. The molecule has 5 N–H and O–H groups in total. The number of hydrogen-bond donors (Lipinski definition) is 4. The maximum atomic E-state index is 12.8. The van der Waals surface area contributed by atoms with Crippen LogP contribution in [-0.4, -0.2) is 67.7 Å². The van der Waals surface area contributed by atoms with E-state index in [-0.39, 0.29) is 36.9 Å². The fourth-order valence-electron chi connectivity index (χ4n) is 6.91. The van der Waals surface area contributed by atoms with Crippen LogP contribution in [0.15, 0.2) is 6.33 Å². The van der Waals surface area contributed by atoms with Gasteiger partial charge >= 0.3 is 6.03 Å². The number of imidazole rings is 1. The standard InChI is InChI=1S/C28H45N9O.2ClH/c29-19-10-12-21(13-11-19)32-27-34-25(24-26(35-27)37(18-30-24)23-8-4-5-9-23)31-22-14-16-36(17-15-22)28(38)33-20-6-2-1-3-7-20;;/h18-23H,1-17,29H2,(H,33,38)(H2,31,32,34,35);2*1H/t19-,21-;;. The van der Waals surface area contributed by atoms with Crippen LogP contribution in [0.1, 0.15) is 102 Å². The number of piperidine rings is 1. The van der Waals surface area contributed by atoms with Crippen molar-refractivity contribution >= 4 is 53.8 Å². The minimum absolute atomic E-state index is 0. The monoisotopic (exact) mass is 595 g/mol. The van der Waals surface area contributed by atoms with E-state index in [1.807, 2.05) is 11.2 Å². The first-order chi connectivity index (χ1) is 18.6. The van der Waals surface area contributed by atoms with Crippen molar-refractivity contribution < 1.29 is 4.79 Å². The van der Waals surface area contributed by atoms with Gasteiger partial charge in [-0.25, -0.2) is 9.78 Å². The number of nitrogens with one attached hydrogen (secondary N) is 3. The zero-order valence-electron chi connectivity index (χ0n) is 23.5. The van der Waals surface area contributed by atoms with E-state index in [0.29, 0.717) is 30.1 Å². The quantitative estimate of drug-likeness (QED) is 0.353. The number of halogens is 2. The molecule has 0 spiro atoms. The number of fused-ring (bicyclic) bond motifs is 1. The second kappa shape index (κ2) is 14.2. The molecule has 224 valence electrons. The van der Waals surface area contributed by atoms with Crippen LogP contribution in [0.4, 0.5) is 16.6 Å². The molecule has 0 bridgehead atoms. The summed E-state index contributed by atoms with van der Waals surface area (Å²) < 4.78 is 2.27. The van der Waals surface area contributed by atoms with Crippen LogP contribution in [0, 0.1) is 0 Å². The average molecular weight is 597 g/mol. The van der Waals surface area contributed by atoms with E-state index in [1.165, 1.54) is 44.9 Å². The highest BCUT2D eigenvalue weighted by Gasteiger charge is 2.28. The lowest BCUT2D eigenvalue weighted by atomic mass is 9.92. The van der Waals surface area contributed by atoms with Crippen LogP contribution >= 0.6 is 24.8 Å². The Labute approximate surface area is 250 Å². The highest BCUT2D eigenvalue weighted by atomic mass is 35.5. The number of anilines is 2. The van der Waals surface area contributed by atoms with Gasteiger partial charge in [0, 0.05) is 43.3 Å². The van der Waals surface area contributed by atoms with Crippen LogP contribution in [0.2, 0.25) is 0 Å². The Kier molecular flexibility index (Phi) is 11.0. The third-order valence-corrected chi connectivity index (χ3v) is 9.30. The summed E-state index contributed by atoms with van der Waals surface area (Å²) in [7, 11) is 0. The molecule has 1 aliphatic heterocycles. The summed E-state index contributed by atoms with van der Waals surface area (Å²) in [6, 6.07) is 1.84. The normalized spacial score (nSPS) is 24.8. The molecule has 2 aromatic rings. The molecule has 12 heteroatoms. The molecule has 2 amide bonds. The van der Waals surface area contributed by atoms with Gasteiger partial charge in [0.15, 0.2) is 17.0 Å². The molecule has 40 heavy (non-hydrogen) atoms. The first-order valence-corrected chi connectivity index (χ1v) is 15.2. The van der Waals surface area contributed by atoms with Crippen LogP contribution in [0.25, 0.3) is 11.2 Å². The Bertz CT molecular complexity index is 1090. The van der Waals surface area contributed by atoms with Crippen molar-refractivity contribution in [3.8, 4) is 0 Å². The lowest BCUT2D eigenvalue weighted by molar-refractivity contribution is 0.176. The van der Waals surface area contributed by atoms with Crippen molar-refractivity contribution in [2.45, 2.75) is 127 Å². The third kappa shape index (κ3) is 7.23. The molecule has 0 atom stereocenters. The second-order valence-electron chi connectivity index (χ2n) is 12.1. The van der Waals surface area contributed by atoms with Gasteiger partial charge in [-0.1, -0.05) is 32.1 Å². The summed E-state index contributed by atoms with van der Waals surface area (Å²) in [6.07, 6.45) is 18.8. The number of carbonyl (C=O) groups excluding carboxylic acids is 1. The van der Waals surface area contributed by atoms with Crippen LogP contribution in [0.3, 0.4) is 0 Å². The number of rotatable bonds is 6. The maximum absolute atomic E-state index is 12.8. The first kappa shape index (κ1) is 30.9. The molecule has 3 saturated carbocycles. The van der Waals surface area contributed by atoms with Crippen molar-refractivity contribution in [1.82, 2.24) is 29.7 Å². The Balaban J connectivity index is 0.00000185. The molecule has 6 rings (SSSR count). The fraction of sp³-hybridized carbons (Fsp3) is 0.786. The van der Waals surface area contributed by atoms with Crippen molar-refractivity contribution in [2.75, 3.05) is 23.7 Å². The van der Waals surface area contributed by atoms with Gasteiger partial charge in [0.1, 0.15) is 0 Å². The minimum Gasteiger partial charge on any atom is -0.365 e. The molecule has 0 unspecified atom stereocenters. The number of aromatic nitrogens is 4.